The number of rotatable bonds is 28. The summed E-state index contributed by atoms with van der Waals surface area (Å²) in [6.45, 7) is 4.13. The Hall–Kier alpha value is -1.63. The molecule has 0 bridgehead atoms. The monoisotopic (exact) mass is 541 g/mol. The summed E-state index contributed by atoms with van der Waals surface area (Å²) in [6.07, 6.45) is 23.2. The van der Waals surface area contributed by atoms with Crippen LogP contribution in [0.5, 0.6) is 0 Å². The van der Waals surface area contributed by atoms with E-state index in [0.717, 1.165) is 57.9 Å². The Morgan fingerprint density at radius 3 is 1.50 bits per heavy atom. The summed E-state index contributed by atoms with van der Waals surface area (Å²) in [5.41, 5.74) is 0. The molecule has 1 atom stereocenters. The van der Waals surface area contributed by atoms with Crippen LogP contribution in [0.1, 0.15) is 155 Å². The SMILES string of the molecule is CCCCCCCCCCCCCC(=O)O[C@H](CO)COC(=O)CCCCCCCCCCCNC(C)=O. The van der Waals surface area contributed by atoms with E-state index in [4.69, 9.17) is 9.47 Å². The first-order chi connectivity index (χ1) is 18.5. The van der Waals surface area contributed by atoms with Gasteiger partial charge in [0.1, 0.15) is 6.61 Å². The molecule has 38 heavy (non-hydrogen) atoms. The van der Waals surface area contributed by atoms with E-state index in [1.54, 1.807) is 6.92 Å². The second-order valence-corrected chi connectivity index (χ2v) is 10.7. The van der Waals surface area contributed by atoms with Crippen molar-refractivity contribution in [2.45, 2.75) is 161 Å². The van der Waals surface area contributed by atoms with Crippen LogP contribution >= 0.6 is 0 Å². The van der Waals surface area contributed by atoms with Gasteiger partial charge in [0.2, 0.25) is 5.91 Å². The average molecular weight is 542 g/mol. The lowest BCUT2D eigenvalue weighted by molar-refractivity contribution is -0.161. The molecule has 0 aliphatic heterocycles. The highest BCUT2D eigenvalue weighted by Crippen LogP contribution is 2.13. The molecule has 0 spiro atoms. The molecular weight excluding hydrogens is 482 g/mol. The largest absolute Gasteiger partial charge is 0.462 e. The molecule has 2 N–H and O–H groups in total. The first kappa shape index (κ1) is 36.4. The number of unbranched alkanes of at least 4 members (excludes halogenated alkanes) is 18. The highest BCUT2D eigenvalue weighted by molar-refractivity contribution is 5.72. The van der Waals surface area contributed by atoms with Crippen molar-refractivity contribution in [3.05, 3.63) is 0 Å². The Labute approximate surface area is 233 Å². The summed E-state index contributed by atoms with van der Waals surface area (Å²) in [6, 6.07) is 0. The minimum Gasteiger partial charge on any atom is -0.462 e. The lowest BCUT2D eigenvalue weighted by atomic mass is 10.1. The number of hydrogen-bond acceptors (Lipinski definition) is 6. The lowest BCUT2D eigenvalue weighted by Crippen LogP contribution is -2.28. The summed E-state index contributed by atoms with van der Waals surface area (Å²) in [7, 11) is 0. The minimum absolute atomic E-state index is 0.0375. The number of ether oxygens (including phenoxy) is 2. The molecule has 7 nitrogen and oxygen atoms in total. The van der Waals surface area contributed by atoms with E-state index in [1.807, 2.05) is 0 Å². The van der Waals surface area contributed by atoms with Crippen LogP contribution in [0, 0.1) is 0 Å². The van der Waals surface area contributed by atoms with E-state index in [9.17, 15) is 19.5 Å². The van der Waals surface area contributed by atoms with Gasteiger partial charge >= 0.3 is 11.9 Å². The van der Waals surface area contributed by atoms with Crippen molar-refractivity contribution in [3.8, 4) is 0 Å². The Morgan fingerprint density at radius 2 is 1.05 bits per heavy atom. The molecule has 0 aromatic heterocycles. The molecule has 1 amide bonds. The van der Waals surface area contributed by atoms with Crippen molar-refractivity contribution in [1.82, 2.24) is 5.32 Å². The van der Waals surface area contributed by atoms with E-state index in [0.29, 0.717) is 12.8 Å². The number of aliphatic hydroxyl groups is 1. The molecule has 0 saturated heterocycles. The Bertz CT molecular complexity index is 569. The third kappa shape index (κ3) is 27.4. The van der Waals surface area contributed by atoms with Gasteiger partial charge in [-0.25, -0.2) is 0 Å². The first-order valence-electron chi connectivity index (χ1n) is 15.7. The predicted molar refractivity (Wildman–Crippen MR) is 154 cm³/mol. The van der Waals surface area contributed by atoms with Crippen LogP contribution in [0.25, 0.3) is 0 Å². The molecule has 0 fully saturated rings. The molecule has 0 rings (SSSR count). The second-order valence-electron chi connectivity index (χ2n) is 10.7. The van der Waals surface area contributed by atoms with Gasteiger partial charge in [0.15, 0.2) is 6.10 Å². The number of aliphatic hydroxyl groups excluding tert-OH is 1. The molecule has 224 valence electrons. The van der Waals surface area contributed by atoms with Gasteiger partial charge in [-0.3, -0.25) is 14.4 Å². The van der Waals surface area contributed by atoms with Crippen molar-refractivity contribution in [3.63, 3.8) is 0 Å². The van der Waals surface area contributed by atoms with Gasteiger partial charge in [0, 0.05) is 26.3 Å². The van der Waals surface area contributed by atoms with Crippen LogP contribution < -0.4 is 5.32 Å². The van der Waals surface area contributed by atoms with E-state index in [2.05, 4.69) is 12.2 Å². The van der Waals surface area contributed by atoms with Crippen LogP contribution in [0.2, 0.25) is 0 Å². The van der Waals surface area contributed by atoms with Crippen molar-refractivity contribution in [2.75, 3.05) is 19.8 Å². The molecule has 0 aliphatic rings. The highest BCUT2D eigenvalue weighted by Gasteiger charge is 2.16. The minimum atomic E-state index is -0.780. The van der Waals surface area contributed by atoms with Gasteiger partial charge in [-0.15, -0.1) is 0 Å². The van der Waals surface area contributed by atoms with E-state index >= 15 is 0 Å². The normalized spacial score (nSPS) is 11.8. The number of esters is 2. The van der Waals surface area contributed by atoms with Gasteiger partial charge in [-0.05, 0) is 19.3 Å². The summed E-state index contributed by atoms with van der Waals surface area (Å²) in [5.74, 6) is -0.594. The molecule has 7 heteroatoms. The summed E-state index contributed by atoms with van der Waals surface area (Å²) < 4.78 is 10.5. The smallest absolute Gasteiger partial charge is 0.306 e. The Balaban J connectivity index is 3.56. The van der Waals surface area contributed by atoms with Crippen LogP contribution in [0.15, 0.2) is 0 Å². The standard InChI is InChI=1S/C31H59NO6/c1-3-4-5-6-7-8-9-11-15-18-21-24-31(36)38-29(26-33)27-37-30(35)23-20-17-14-12-10-13-16-19-22-25-32-28(2)34/h29,33H,3-27H2,1-2H3,(H,32,34)/t29-/m1/s1. The lowest BCUT2D eigenvalue weighted by Gasteiger charge is -2.15. The molecule has 0 aromatic carbocycles. The fourth-order valence-corrected chi connectivity index (χ4v) is 4.46. The number of hydrogen-bond donors (Lipinski definition) is 2. The van der Waals surface area contributed by atoms with Gasteiger partial charge in [0.05, 0.1) is 6.61 Å². The van der Waals surface area contributed by atoms with Crippen LogP contribution in [0.3, 0.4) is 0 Å². The Morgan fingerprint density at radius 1 is 0.632 bits per heavy atom. The molecule has 0 unspecified atom stereocenters. The molecule has 0 saturated carbocycles. The second kappa shape index (κ2) is 28.4. The zero-order valence-electron chi connectivity index (χ0n) is 24.7. The highest BCUT2D eigenvalue weighted by atomic mass is 16.6. The zero-order valence-corrected chi connectivity index (χ0v) is 24.7. The topological polar surface area (TPSA) is 102 Å². The number of amides is 1. The van der Waals surface area contributed by atoms with Crippen LogP contribution in [-0.4, -0.2) is 48.8 Å². The van der Waals surface area contributed by atoms with Gasteiger partial charge in [-0.1, -0.05) is 116 Å². The van der Waals surface area contributed by atoms with Gasteiger partial charge in [-0.2, -0.15) is 0 Å². The predicted octanol–water partition coefficient (Wildman–Crippen LogP) is 7.17. The number of nitrogens with one attached hydrogen (secondary N) is 1. The van der Waals surface area contributed by atoms with Crippen molar-refractivity contribution in [1.29, 1.82) is 0 Å². The molecular formula is C31H59NO6. The molecule has 0 aliphatic carbocycles. The van der Waals surface area contributed by atoms with E-state index < -0.39 is 6.10 Å². The number of carbonyl (C=O) groups is 3. The first-order valence-corrected chi connectivity index (χ1v) is 15.7. The maximum atomic E-state index is 12.0. The third-order valence-corrected chi connectivity index (χ3v) is 6.85. The van der Waals surface area contributed by atoms with Crippen LogP contribution in [0.4, 0.5) is 0 Å². The molecule has 0 aromatic rings. The zero-order chi connectivity index (χ0) is 28.1. The van der Waals surface area contributed by atoms with E-state index in [1.165, 1.54) is 77.0 Å². The summed E-state index contributed by atoms with van der Waals surface area (Å²) in [4.78, 5) is 34.8. The van der Waals surface area contributed by atoms with Gasteiger partial charge < -0.3 is 19.9 Å². The number of carbonyl (C=O) groups excluding carboxylic acids is 3. The van der Waals surface area contributed by atoms with E-state index in [-0.39, 0.29) is 31.1 Å². The third-order valence-electron chi connectivity index (χ3n) is 6.85. The van der Waals surface area contributed by atoms with Crippen LogP contribution in [-0.2, 0) is 23.9 Å². The Kier molecular flexibility index (Phi) is 27.2. The van der Waals surface area contributed by atoms with Crippen molar-refractivity contribution < 1.29 is 29.0 Å². The fourth-order valence-electron chi connectivity index (χ4n) is 4.46. The van der Waals surface area contributed by atoms with Crippen molar-refractivity contribution >= 4 is 17.8 Å². The maximum Gasteiger partial charge on any atom is 0.306 e. The fraction of sp³-hybridized carbons (Fsp3) is 0.903. The quantitative estimate of drug-likeness (QED) is 0.0804. The van der Waals surface area contributed by atoms with Gasteiger partial charge in [0.25, 0.3) is 0 Å². The summed E-state index contributed by atoms with van der Waals surface area (Å²) >= 11 is 0. The maximum absolute atomic E-state index is 12.0. The summed E-state index contributed by atoms with van der Waals surface area (Å²) in [5, 5.41) is 12.3. The van der Waals surface area contributed by atoms with Crippen molar-refractivity contribution in [2.24, 2.45) is 0 Å². The molecule has 0 radical (unpaired) electrons. The molecule has 0 heterocycles. The average Bonchev–Trinajstić information content (AvgIpc) is 2.90.